The minimum Gasteiger partial charge on any atom is -0.192 e. The Morgan fingerprint density at radius 1 is 1.54 bits per heavy atom. The molecule has 1 nitrogen and oxygen atoms in total. The Bertz CT molecular complexity index is 366. The predicted molar refractivity (Wildman–Crippen MR) is 59.0 cm³/mol. The lowest BCUT2D eigenvalue weighted by atomic mass is 10.1. The topological polar surface area (TPSA) is 23.8 Å². The van der Waals surface area contributed by atoms with E-state index in [1.54, 1.807) is 18.2 Å². The number of nitriles is 1. The maximum absolute atomic E-state index is 8.65. The number of hydrogen-bond donors (Lipinski definition) is 0. The summed E-state index contributed by atoms with van der Waals surface area (Å²) >= 11 is 9.19. The van der Waals surface area contributed by atoms with Crippen LogP contribution in [0.4, 0.5) is 0 Å². The van der Waals surface area contributed by atoms with Gasteiger partial charge in [0.15, 0.2) is 0 Å². The van der Waals surface area contributed by atoms with E-state index < -0.39 is 0 Å². The van der Waals surface area contributed by atoms with Gasteiger partial charge in [-0.1, -0.05) is 39.7 Å². The SMILES string of the molecule is N#Cc1ccc(Cl)c(C=CCBr)c1. The molecule has 0 saturated carbocycles. The lowest BCUT2D eigenvalue weighted by Crippen LogP contribution is -1.79. The Morgan fingerprint density at radius 2 is 2.31 bits per heavy atom. The van der Waals surface area contributed by atoms with Crippen molar-refractivity contribution in [2.45, 2.75) is 0 Å². The summed E-state index contributed by atoms with van der Waals surface area (Å²) in [5.74, 6) is 0. The van der Waals surface area contributed by atoms with Crippen LogP contribution in [0.1, 0.15) is 11.1 Å². The first-order chi connectivity index (χ1) is 6.27. The number of allylic oxidation sites excluding steroid dienone is 1. The van der Waals surface area contributed by atoms with E-state index in [1.807, 2.05) is 12.2 Å². The van der Waals surface area contributed by atoms with Crippen LogP contribution in [-0.4, -0.2) is 5.33 Å². The summed E-state index contributed by atoms with van der Waals surface area (Å²) in [6, 6.07) is 7.26. The van der Waals surface area contributed by atoms with Crippen LogP contribution < -0.4 is 0 Å². The van der Waals surface area contributed by atoms with Crippen molar-refractivity contribution in [3.8, 4) is 6.07 Å². The number of hydrogen-bond acceptors (Lipinski definition) is 1. The molecule has 0 saturated heterocycles. The molecule has 0 aliphatic rings. The quantitative estimate of drug-likeness (QED) is 0.742. The molecule has 1 rings (SSSR count). The van der Waals surface area contributed by atoms with Gasteiger partial charge < -0.3 is 0 Å². The van der Waals surface area contributed by atoms with Gasteiger partial charge in [0.25, 0.3) is 0 Å². The maximum atomic E-state index is 8.65. The lowest BCUT2D eigenvalue weighted by Gasteiger charge is -1.97. The third-order valence-electron chi connectivity index (χ3n) is 1.51. The largest absolute Gasteiger partial charge is 0.192 e. The first kappa shape index (κ1) is 10.3. The highest BCUT2D eigenvalue weighted by atomic mass is 79.9. The van der Waals surface area contributed by atoms with Crippen molar-refractivity contribution in [2.75, 3.05) is 5.33 Å². The smallest absolute Gasteiger partial charge is 0.0991 e. The zero-order valence-corrected chi connectivity index (χ0v) is 9.14. The van der Waals surface area contributed by atoms with Gasteiger partial charge in [0, 0.05) is 10.4 Å². The van der Waals surface area contributed by atoms with Crippen molar-refractivity contribution in [1.29, 1.82) is 5.26 Å². The number of benzene rings is 1. The molecular formula is C10H7BrClN. The molecule has 0 bridgehead atoms. The first-order valence-corrected chi connectivity index (χ1v) is 5.20. The standard InChI is InChI=1S/C10H7BrClN/c11-5-1-2-9-6-8(7-13)3-4-10(9)12/h1-4,6H,5H2. The van der Waals surface area contributed by atoms with Gasteiger partial charge in [-0.2, -0.15) is 5.26 Å². The summed E-state index contributed by atoms with van der Waals surface area (Å²) in [7, 11) is 0. The fourth-order valence-electron chi connectivity index (χ4n) is 0.913. The second-order valence-corrected chi connectivity index (χ2v) is 3.46. The van der Waals surface area contributed by atoms with E-state index in [9.17, 15) is 0 Å². The van der Waals surface area contributed by atoms with Crippen molar-refractivity contribution in [2.24, 2.45) is 0 Å². The third kappa shape index (κ3) is 2.87. The minimum absolute atomic E-state index is 0.624. The van der Waals surface area contributed by atoms with Crippen LogP contribution in [0.25, 0.3) is 6.08 Å². The van der Waals surface area contributed by atoms with Crippen LogP contribution >= 0.6 is 27.5 Å². The highest BCUT2D eigenvalue weighted by molar-refractivity contribution is 9.09. The van der Waals surface area contributed by atoms with Crippen molar-refractivity contribution in [1.82, 2.24) is 0 Å². The Kier molecular flexibility index (Phi) is 4.01. The first-order valence-electron chi connectivity index (χ1n) is 3.70. The molecule has 0 atom stereocenters. The molecule has 1 aromatic rings. The van der Waals surface area contributed by atoms with E-state index in [1.165, 1.54) is 0 Å². The summed E-state index contributed by atoms with van der Waals surface area (Å²) in [5.41, 5.74) is 1.50. The van der Waals surface area contributed by atoms with Gasteiger partial charge in [-0.25, -0.2) is 0 Å². The van der Waals surface area contributed by atoms with Crippen molar-refractivity contribution < 1.29 is 0 Å². The number of halogens is 2. The van der Waals surface area contributed by atoms with Gasteiger partial charge in [-0.3, -0.25) is 0 Å². The second-order valence-electron chi connectivity index (χ2n) is 2.40. The molecule has 0 amide bonds. The number of alkyl halides is 1. The Hall–Kier alpha value is -0.780. The van der Waals surface area contributed by atoms with E-state index >= 15 is 0 Å². The van der Waals surface area contributed by atoms with Crippen LogP contribution in [0.5, 0.6) is 0 Å². The second kappa shape index (κ2) is 5.06. The Balaban J connectivity index is 3.06. The van der Waals surface area contributed by atoms with Gasteiger partial charge >= 0.3 is 0 Å². The highest BCUT2D eigenvalue weighted by Crippen LogP contribution is 2.18. The summed E-state index contributed by atoms with van der Waals surface area (Å²) in [4.78, 5) is 0. The molecule has 0 spiro atoms. The molecule has 0 aliphatic heterocycles. The average Bonchev–Trinajstić information content (AvgIpc) is 2.17. The lowest BCUT2D eigenvalue weighted by molar-refractivity contribution is 1.48. The van der Waals surface area contributed by atoms with Crippen LogP contribution in [0.15, 0.2) is 24.3 Å². The molecule has 1 aromatic carbocycles. The fourth-order valence-corrected chi connectivity index (χ4v) is 1.28. The molecule has 0 unspecified atom stereocenters. The molecule has 0 radical (unpaired) electrons. The van der Waals surface area contributed by atoms with E-state index in [0.717, 1.165) is 10.9 Å². The van der Waals surface area contributed by atoms with Gasteiger partial charge in [0.05, 0.1) is 11.6 Å². The molecule has 66 valence electrons. The number of rotatable bonds is 2. The zero-order chi connectivity index (χ0) is 9.68. The van der Waals surface area contributed by atoms with E-state index in [4.69, 9.17) is 16.9 Å². The monoisotopic (exact) mass is 255 g/mol. The third-order valence-corrected chi connectivity index (χ3v) is 2.23. The van der Waals surface area contributed by atoms with Gasteiger partial charge in [-0.05, 0) is 23.8 Å². The normalized spacial score (nSPS) is 10.2. The van der Waals surface area contributed by atoms with Gasteiger partial charge in [-0.15, -0.1) is 0 Å². The Labute approximate surface area is 90.8 Å². The van der Waals surface area contributed by atoms with Crippen molar-refractivity contribution >= 4 is 33.6 Å². The molecule has 0 aromatic heterocycles. The summed E-state index contributed by atoms with van der Waals surface area (Å²) < 4.78 is 0. The average molecular weight is 257 g/mol. The molecule has 0 heterocycles. The van der Waals surface area contributed by atoms with Gasteiger partial charge in [0.2, 0.25) is 0 Å². The summed E-state index contributed by atoms with van der Waals surface area (Å²) in [6.07, 6.45) is 3.82. The fraction of sp³-hybridized carbons (Fsp3) is 0.100. The van der Waals surface area contributed by atoms with Crippen molar-refractivity contribution in [3.63, 3.8) is 0 Å². The summed E-state index contributed by atoms with van der Waals surface area (Å²) in [6.45, 7) is 0. The molecular weight excluding hydrogens is 249 g/mol. The van der Waals surface area contributed by atoms with E-state index in [0.29, 0.717) is 10.6 Å². The van der Waals surface area contributed by atoms with E-state index in [-0.39, 0.29) is 0 Å². The minimum atomic E-state index is 0.624. The van der Waals surface area contributed by atoms with Crippen LogP contribution in [-0.2, 0) is 0 Å². The molecule has 0 fully saturated rings. The van der Waals surface area contributed by atoms with Crippen LogP contribution in [0, 0.1) is 11.3 Å². The maximum Gasteiger partial charge on any atom is 0.0991 e. The van der Waals surface area contributed by atoms with Crippen LogP contribution in [0.2, 0.25) is 5.02 Å². The molecule has 13 heavy (non-hydrogen) atoms. The van der Waals surface area contributed by atoms with E-state index in [2.05, 4.69) is 22.0 Å². The zero-order valence-electron chi connectivity index (χ0n) is 6.80. The highest BCUT2D eigenvalue weighted by Gasteiger charge is 1.97. The molecule has 0 N–H and O–H groups in total. The Morgan fingerprint density at radius 3 is 2.92 bits per heavy atom. The molecule has 0 aliphatic carbocycles. The number of nitrogens with zero attached hydrogens (tertiary/aromatic N) is 1. The predicted octanol–water partition coefficient (Wildman–Crippen LogP) is 3.62. The van der Waals surface area contributed by atoms with Gasteiger partial charge in [0.1, 0.15) is 0 Å². The van der Waals surface area contributed by atoms with Crippen LogP contribution in [0.3, 0.4) is 0 Å². The van der Waals surface area contributed by atoms with Crippen molar-refractivity contribution in [3.05, 3.63) is 40.4 Å². The molecule has 3 heteroatoms. The summed E-state index contributed by atoms with van der Waals surface area (Å²) in [5, 5.41) is 10.1.